The van der Waals surface area contributed by atoms with Crippen molar-refractivity contribution >= 4 is 12.0 Å². The Morgan fingerprint density at radius 2 is 1.93 bits per heavy atom. The molecule has 0 saturated carbocycles. The van der Waals surface area contributed by atoms with Crippen LogP contribution in [0.3, 0.4) is 0 Å². The average molecular weight is 228 g/mol. The van der Waals surface area contributed by atoms with Gasteiger partial charge < -0.3 is 15.3 Å². The van der Waals surface area contributed by atoms with Crippen LogP contribution in [0.25, 0.3) is 0 Å². The Balaban J connectivity index is 3.85. The smallest absolute Gasteiger partial charge is 0.406 e. The second-order valence-corrected chi connectivity index (χ2v) is 2.85. The van der Waals surface area contributed by atoms with E-state index in [0.29, 0.717) is 4.90 Å². The number of nitrogens with zero attached hydrogens (tertiary/aromatic N) is 1. The van der Waals surface area contributed by atoms with Crippen LogP contribution in [-0.4, -0.2) is 48.3 Å². The molecule has 88 valence electrons. The van der Waals surface area contributed by atoms with Crippen molar-refractivity contribution in [3.63, 3.8) is 0 Å². The highest BCUT2D eigenvalue weighted by atomic mass is 19.4. The Hall–Kier alpha value is -1.47. The zero-order chi connectivity index (χ0) is 12.1. The van der Waals surface area contributed by atoms with Crippen molar-refractivity contribution in [2.24, 2.45) is 0 Å². The van der Waals surface area contributed by atoms with Crippen LogP contribution in [0.15, 0.2) is 0 Å². The maximum atomic E-state index is 11.8. The van der Waals surface area contributed by atoms with Crippen LogP contribution in [0, 0.1) is 0 Å². The van der Waals surface area contributed by atoms with Gasteiger partial charge in [-0.2, -0.15) is 13.2 Å². The SMILES string of the molecule is CN(CC(F)(F)F)C(=O)NCCC(=O)O. The third-order valence-electron chi connectivity index (χ3n) is 1.38. The van der Waals surface area contributed by atoms with E-state index in [1.165, 1.54) is 0 Å². The first-order valence-electron chi connectivity index (χ1n) is 4.00. The second-order valence-electron chi connectivity index (χ2n) is 2.85. The first kappa shape index (κ1) is 13.5. The summed E-state index contributed by atoms with van der Waals surface area (Å²) >= 11 is 0. The Morgan fingerprint density at radius 1 is 1.40 bits per heavy atom. The summed E-state index contributed by atoms with van der Waals surface area (Å²) in [6, 6.07) is -0.950. The second kappa shape index (κ2) is 5.42. The maximum absolute atomic E-state index is 11.8. The molecule has 0 fully saturated rings. The summed E-state index contributed by atoms with van der Waals surface area (Å²) in [6.45, 7) is -1.57. The number of alkyl halides is 3. The molecule has 0 aliphatic rings. The van der Waals surface area contributed by atoms with E-state index in [1.807, 2.05) is 5.32 Å². The molecule has 0 heterocycles. The van der Waals surface area contributed by atoms with Crippen molar-refractivity contribution in [3.8, 4) is 0 Å². The highest BCUT2D eigenvalue weighted by Crippen LogP contribution is 2.15. The lowest BCUT2D eigenvalue weighted by molar-refractivity contribution is -0.138. The number of aliphatic carboxylic acids is 1. The molecule has 0 atom stereocenters. The molecule has 5 nitrogen and oxygen atoms in total. The van der Waals surface area contributed by atoms with Gasteiger partial charge >= 0.3 is 18.2 Å². The number of hydrogen-bond donors (Lipinski definition) is 2. The van der Waals surface area contributed by atoms with Crippen molar-refractivity contribution in [1.29, 1.82) is 0 Å². The lowest BCUT2D eigenvalue weighted by Crippen LogP contribution is -2.42. The predicted molar refractivity (Wildman–Crippen MR) is 44.3 cm³/mol. The van der Waals surface area contributed by atoms with Gasteiger partial charge in [-0.1, -0.05) is 0 Å². The lowest BCUT2D eigenvalue weighted by atomic mass is 10.4. The number of halogens is 3. The van der Waals surface area contributed by atoms with Crippen molar-refractivity contribution in [2.45, 2.75) is 12.6 Å². The van der Waals surface area contributed by atoms with Gasteiger partial charge in [0.25, 0.3) is 0 Å². The molecule has 0 aliphatic carbocycles. The molecule has 0 aromatic heterocycles. The number of carbonyl (C=O) groups is 2. The molecule has 0 aliphatic heterocycles. The Bertz CT molecular complexity index is 242. The fraction of sp³-hybridized carbons (Fsp3) is 0.714. The van der Waals surface area contributed by atoms with Crippen LogP contribution in [0.5, 0.6) is 0 Å². The zero-order valence-corrected chi connectivity index (χ0v) is 7.97. The van der Waals surface area contributed by atoms with E-state index in [1.54, 1.807) is 0 Å². The van der Waals surface area contributed by atoms with E-state index in [9.17, 15) is 22.8 Å². The highest BCUT2D eigenvalue weighted by molar-refractivity contribution is 5.75. The van der Waals surface area contributed by atoms with E-state index < -0.39 is 24.7 Å². The van der Waals surface area contributed by atoms with Crippen LogP contribution < -0.4 is 5.32 Å². The standard InChI is InChI=1S/C7H11F3N2O3/c1-12(4-7(8,9)10)6(15)11-3-2-5(13)14/h2-4H2,1H3,(H,11,15)(H,13,14). The number of urea groups is 1. The fourth-order valence-electron chi connectivity index (χ4n) is 0.752. The maximum Gasteiger partial charge on any atom is 0.406 e. The molecule has 0 radical (unpaired) electrons. The van der Waals surface area contributed by atoms with E-state index in [4.69, 9.17) is 5.11 Å². The molecule has 8 heteroatoms. The molecule has 0 aromatic carbocycles. The van der Waals surface area contributed by atoms with Gasteiger partial charge in [-0.05, 0) is 0 Å². The Labute approximate surface area is 83.9 Å². The molecule has 0 spiro atoms. The summed E-state index contributed by atoms with van der Waals surface area (Å²) in [6.07, 6.45) is -4.79. The van der Waals surface area contributed by atoms with E-state index in [2.05, 4.69) is 0 Å². The van der Waals surface area contributed by atoms with Crippen molar-refractivity contribution in [3.05, 3.63) is 0 Å². The summed E-state index contributed by atoms with van der Waals surface area (Å²) < 4.78 is 35.4. The summed E-state index contributed by atoms with van der Waals surface area (Å²) in [5, 5.41) is 10.2. The molecular weight excluding hydrogens is 217 g/mol. The average Bonchev–Trinajstić information content (AvgIpc) is 1.99. The quantitative estimate of drug-likeness (QED) is 0.742. The summed E-state index contributed by atoms with van der Waals surface area (Å²) in [7, 11) is 0.976. The van der Waals surface area contributed by atoms with Crippen LogP contribution in [0.4, 0.5) is 18.0 Å². The minimum Gasteiger partial charge on any atom is -0.481 e. The number of carbonyl (C=O) groups excluding carboxylic acids is 1. The van der Waals surface area contributed by atoms with Crippen LogP contribution >= 0.6 is 0 Å². The normalized spacial score (nSPS) is 10.9. The van der Waals surface area contributed by atoms with Gasteiger partial charge in [0, 0.05) is 13.6 Å². The van der Waals surface area contributed by atoms with Crippen LogP contribution in [0.1, 0.15) is 6.42 Å². The van der Waals surface area contributed by atoms with Gasteiger partial charge in [-0.25, -0.2) is 4.79 Å². The Kier molecular flexibility index (Phi) is 4.89. The minimum atomic E-state index is -4.46. The predicted octanol–water partition coefficient (Wildman–Crippen LogP) is 0.665. The number of hydrogen-bond acceptors (Lipinski definition) is 2. The summed E-state index contributed by atoms with van der Waals surface area (Å²) in [5.74, 6) is -1.13. The van der Waals surface area contributed by atoms with E-state index >= 15 is 0 Å². The van der Waals surface area contributed by atoms with Crippen LogP contribution in [-0.2, 0) is 4.79 Å². The van der Waals surface area contributed by atoms with Gasteiger partial charge in [0.15, 0.2) is 0 Å². The van der Waals surface area contributed by atoms with Gasteiger partial charge in [-0.3, -0.25) is 4.79 Å². The van der Waals surface area contributed by atoms with E-state index in [-0.39, 0.29) is 13.0 Å². The highest BCUT2D eigenvalue weighted by Gasteiger charge is 2.31. The lowest BCUT2D eigenvalue weighted by Gasteiger charge is -2.19. The van der Waals surface area contributed by atoms with Crippen molar-refractivity contribution < 1.29 is 27.9 Å². The molecule has 2 amide bonds. The third kappa shape index (κ3) is 7.59. The molecule has 0 rings (SSSR count). The monoisotopic (exact) mass is 228 g/mol. The minimum absolute atomic E-state index is 0.198. The molecule has 0 aromatic rings. The summed E-state index contributed by atoms with van der Waals surface area (Å²) in [4.78, 5) is 21.4. The van der Waals surface area contributed by atoms with Gasteiger partial charge in [0.05, 0.1) is 6.42 Å². The van der Waals surface area contributed by atoms with E-state index in [0.717, 1.165) is 7.05 Å². The zero-order valence-electron chi connectivity index (χ0n) is 7.97. The number of carboxylic acid groups (broad SMARTS) is 1. The first-order valence-corrected chi connectivity index (χ1v) is 4.00. The molecular formula is C7H11F3N2O3. The molecule has 0 unspecified atom stereocenters. The molecule has 15 heavy (non-hydrogen) atoms. The van der Waals surface area contributed by atoms with Gasteiger partial charge in [0.2, 0.25) is 0 Å². The topological polar surface area (TPSA) is 69.6 Å². The molecule has 2 N–H and O–H groups in total. The van der Waals surface area contributed by atoms with Crippen molar-refractivity contribution in [2.75, 3.05) is 20.1 Å². The fourth-order valence-corrected chi connectivity index (χ4v) is 0.752. The molecule has 0 bridgehead atoms. The number of carboxylic acids is 1. The van der Waals surface area contributed by atoms with Crippen LogP contribution in [0.2, 0.25) is 0 Å². The van der Waals surface area contributed by atoms with Crippen molar-refractivity contribution in [1.82, 2.24) is 10.2 Å². The van der Waals surface area contributed by atoms with Gasteiger partial charge in [0.1, 0.15) is 6.54 Å². The summed E-state index contributed by atoms with van der Waals surface area (Å²) in [5.41, 5.74) is 0. The number of amides is 2. The molecule has 0 saturated heterocycles. The first-order chi connectivity index (χ1) is 6.72. The number of rotatable bonds is 4. The number of nitrogens with one attached hydrogen (secondary N) is 1. The van der Waals surface area contributed by atoms with Gasteiger partial charge in [-0.15, -0.1) is 0 Å². The largest absolute Gasteiger partial charge is 0.481 e. The Morgan fingerprint density at radius 3 is 2.33 bits per heavy atom. The third-order valence-corrected chi connectivity index (χ3v) is 1.38.